The smallest absolute Gasteiger partial charge is 0.323 e. The fourth-order valence-corrected chi connectivity index (χ4v) is 1.61. The van der Waals surface area contributed by atoms with Gasteiger partial charge in [-0.15, -0.1) is 0 Å². The van der Waals surface area contributed by atoms with Crippen molar-refractivity contribution in [2.24, 2.45) is 5.84 Å². The highest BCUT2D eigenvalue weighted by Gasteiger charge is 2.18. The Labute approximate surface area is 105 Å². The van der Waals surface area contributed by atoms with E-state index >= 15 is 0 Å². The maximum absolute atomic E-state index is 5.72. The van der Waals surface area contributed by atoms with E-state index < -0.39 is 0 Å². The van der Waals surface area contributed by atoms with Crippen LogP contribution in [0.15, 0.2) is 0 Å². The van der Waals surface area contributed by atoms with Gasteiger partial charge in [0, 0.05) is 26.9 Å². The standard InChI is InChI=1S/C10H18N6O2/c1-16(2)9-12-8(15-11)13-10(14-9)18-7-3-5-17-6-4-7/h7H,3-6,11H2,1-2H3,(H,12,13,14,15). The van der Waals surface area contributed by atoms with Gasteiger partial charge in [0.2, 0.25) is 11.9 Å². The van der Waals surface area contributed by atoms with E-state index in [2.05, 4.69) is 20.4 Å². The predicted molar refractivity (Wildman–Crippen MR) is 66.4 cm³/mol. The maximum atomic E-state index is 5.72. The van der Waals surface area contributed by atoms with Crippen molar-refractivity contribution < 1.29 is 9.47 Å². The molecule has 0 bridgehead atoms. The molecule has 0 unspecified atom stereocenters. The molecule has 0 aromatic carbocycles. The lowest BCUT2D eigenvalue weighted by atomic mass is 10.2. The molecule has 0 saturated carbocycles. The summed E-state index contributed by atoms with van der Waals surface area (Å²) in [6.45, 7) is 1.41. The summed E-state index contributed by atoms with van der Waals surface area (Å²) in [6, 6.07) is 0.286. The molecule has 0 spiro atoms. The monoisotopic (exact) mass is 254 g/mol. The molecule has 8 nitrogen and oxygen atoms in total. The van der Waals surface area contributed by atoms with Crippen molar-refractivity contribution in [1.29, 1.82) is 0 Å². The fourth-order valence-electron chi connectivity index (χ4n) is 1.61. The van der Waals surface area contributed by atoms with E-state index in [1.54, 1.807) is 4.90 Å². The van der Waals surface area contributed by atoms with Gasteiger partial charge < -0.3 is 14.4 Å². The molecule has 0 radical (unpaired) electrons. The largest absolute Gasteiger partial charge is 0.460 e. The van der Waals surface area contributed by atoms with Gasteiger partial charge in [-0.05, 0) is 0 Å². The summed E-state index contributed by atoms with van der Waals surface area (Å²) >= 11 is 0. The summed E-state index contributed by atoms with van der Waals surface area (Å²) in [5, 5.41) is 0. The van der Waals surface area contributed by atoms with Crippen LogP contribution in [0.2, 0.25) is 0 Å². The zero-order valence-corrected chi connectivity index (χ0v) is 10.6. The minimum Gasteiger partial charge on any atom is -0.460 e. The van der Waals surface area contributed by atoms with Crippen molar-refractivity contribution in [3.05, 3.63) is 0 Å². The van der Waals surface area contributed by atoms with Crippen molar-refractivity contribution in [1.82, 2.24) is 15.0 Å². The Morgan fingerprint density at radius 2 is 2.00 bits per heavy atom. The van der Waals surface area contributed by atoms with Gasteiger partial charge in [0.25, 0.3) is 0 Å². The minimum absolute atomic E-state index is 0.0850. The van der Waals surface area contributed by atoms with Gasteiger partial charge in [-0.1, -0.05) is 0 Å². The van der Waals surface area contributed by atoms with Crippen LogP contribution in [0.1, 0.15) is 12.8 Å². The molecule has 1 aromatic heterocycles. The lowest BCUT2D eigenvalue weighted by Gasteiger charge is -2.22. The van der Waals surface area contributed by atoms with Gasteiger partial charge in [-0.2, -0.15) is 15.0 Å². The van der Waals surface area contributed by atoms with E-state index in [1.165, 1.54) is 0 Å². The first-order chi connectivity index (χ1) is 8.69. The molecule has 1 aromatic rings. The molecule has 0 amide bonds. The lowest BCUT2D eigenvalue weighted by molar-refractivity contribution is 0.0217. The molecular weight excluding hydrogens is 236 g/mol. The third kappa shape index (κ3) is 3.17. The number of nitrogen functional groups attached to an aromatic ring is 1. The van der Waals surface area contributed by atoms with Crippen LogP contribution < -0.4 is 20.9 Å². The normalized spacial score (nSPS) is 16.4. The second-order valence-electron chi connectivity index (χ2n) is 4.21. The number of nitrogens with two attached hydrogens (primary N) is 1. The highest BCUT2D eigenvalue weighted by atomic mass is 16.5. The molecule has 0 atom stereocenters. The number of ether oxygens (including phenoxy) is 2. The van der Waals surface area contributed by atoms with Crippen molar-refractivity contribution >= 4 is 11.9 Å². The first-order valence-electron chi connectivity index (χ1n) is 5.83. The van der Waals surface area contributed by atoms with Crippen LogP contribution in [0.5, 0.6) is 6.01 Å². The number of hydrogen-bond donors (Lipinski definition) is 2. The number of nitrogens with one attached hydrogen (secondary N) is 1. The van der Waals surface area contributed by atoms with Crippen LogP contribution >= 0.6 is 0 Å². The first-order valence-corrected chi connectivity index (χ1v) is 5.83. The maximum Gasteiger partial charge on any atom is 0.323 e. The molecule has 18 heavy (non-hydrogen) atoms. The summed E-state index contributed by atoms with van der Waals surface area (Å²) < 4.78 is 11.0. The Balaban J connectivity index is 2.12. The third-order valence-electron chi connectivity index (χ3n) is 2.57. The molecule has 8 heteroatoms. The summed E-state index contributed by atoms with van der Waals surface area (Å²) in [5.41, 5.74) is 2.41. The molecule has 2 rings (SSSR count). The first kappa shape index (κ1) is 12.8. The summed E-state index contributed by atoms with van der Waals surface area (Å²) in [6.07, 6.45) is 1.77. The molecule has 100 valence electrons. The van der Waals surface area contributed by atoms with Crippen LogP contribution in [-0.4, -0.2) is 48.4 Å². The molecule has 1 aliphatic rings. The van der Waals surface area contributed by atoms with Crippen LogP contribution in [0, 0.1) is 0 Å². The molecule has 2 heterocycles. The van der Waals surface area contributed by atoms with Gasteiger partial charge in [0.1, 0.15) is 6.10 Å². The quantitative estimate of drug-likeness (QED) is 0.562. The van der Waals surface area contributed by atoms with Gasteiger partial charge in [-0.25, -0.2) is 5.84 Å². The van der Waals surface area contributed by atoms with Crippen molar-refractivity contribution in [3.63, 3.8) is 0 Å². The van der Waals surface area contributed by atoms with E-state index in [4.69, 9.17) is 15.3 Å². The second-order valence-corrected chi connectivity index (χ2v) is 4.21. The van der Waals surface area contributed by atoms with Crippen LogP contribution in [0.25, 0.3) is 0 Å². The molecule has 3 N–H and O–H groups in total. The van der Waals surface area contributed by atoms with Crippen molar-refractivity contribution in [3.8, 4) is 6.01 Å². The van der Waals surface area contributed by atoms with E-state index in [9.17, 15) is 0 Å². The van der Waals surface area contributed by atoms with Crippen molar-refractivity contribution in [2.75, 3.05) is 37.6 Å². The summed E-state index contributed by atoms with van der Waals surface area (Å²) in [4.78, 5) is 14.2. The Hall–Kier alpha value is -1.67. The number of hydrazine groups is 1. The van der Waals surface area contributed by atoms with Crippen molar-refractivity contribution in [2.45, 2.75) is 18.9 Å². The van der Waals surface area contributed by atoms with Crippen LogP contribution in [-0.2, 0) is 4.74 Å². The Morgan fingerprint density at radius 1 is 1.28 bits per heavy atom. The molecule has 1 aliphatic heterocycles. The van der Waals surface area contributed by atoms with Gasteiger partial charge >= 0.3 is 6.01 Å². The number of rotatable bonds is 4. The van der Waals surface area contributed by atoms with Gasteiger partial charge in [0.15, 0.2) is 0 Å². The highest BCUT2D eigenvalue weighted by Crippen LogP contribution is 2.17. The van der Waals surface area contributed by atoms with Gasteiger partial charge in [-0.3, -0.25) is 5.43 Å². The van der Waals surface area contributed by atoms with E-state index in [-0.39, 0.29) is 18.1 Å². The van der Waals surface area contributed by atoms with Crippen LogP contribution in [0.3, 0.4) is 0 Å². The number of hydrogen-bond acceptors (Lipinski definition) is 8. The average Bonchev–Trinajstić information content (AvgIpc) is 2.39. The van der Waals surface area contributed by atoms with E-state index in [0.29, 0.717) is 19.2 Å². The minimum atomic E-state index is 0.0850. The molecule has 1 fully saturated rings. The SMILES string of the molecule is CN(C)c1nc(NN)nc(OC2CCOCC2)n1. The van der Waals surface area contributed by atoms with E-state index in [1.807, 2.05) is 14.1 Å². The number of anilines is 2. The molecule has 1 saturated heterocycles. The lowest BCUT2D eigenvalue weighted by Crippen LogP contribution is -2.27. The number of nitrogens with zero attached hydrogens (tertiary/aromatic N) is 4. The fraction of sp³-hybridized carbons (Fsp3) is 0.700. The second kappa shape index (κ2) is 5.78. The Morgan fingerprint density at radius 3 is 2.61 bits per heavy atom. The van der Waals surface area contributed by atoms with Crippen LogP contribution in [0.4, 0.5) is 11.9 Å². The zero-order valence-electron chi connectivity index (χ0n) is 10.6. The zero-order chi connectivity index (χ0) is 13.0. The highest BCUT2D eigenvalue weighted by molar-refractivity contribution is 5.36. The number of aromatic nitrogens is 3. The van der Waals surface area contributed by atoms with E-state index in [0.717, 1.165) is 12.8 Å². The Bertz CT molecular complexity index is 394. The summed E-state index contributed by atoms with van der Waals surface area (Å²) in [7, 11) is 3.68. The third-order valence-corrected chi connectivity index (χ3v) is 2.57. The van der Waals surface area contributed by atoms with Gasteiger partial charge in [0.05, 0.1) is 13.2 Å². The Kier molecular flexibility index (Phi) is 4.11. The average molecular weight is 254 g/mol. The predicted octanol–water partition coefficient (Wildman–Crippen LogP) is -0.219. The molecule has 0 aliphatic carbocycles. The molecular formula is C10H18N6O2. The topological polar surface area (TPSA) is 98.4 Å². The summed E-state index contributed by atoms with van der Waals surface area (Å²) in [5.74, 6) is 6.11.